The van der Waals surface area contributed by atoms with E-state index >= 15 is 0 Å². The first-order chi connectivity index (χ1) is 5.33. The van der Waals surface area contributed by atoms with Gasteiger partial charge in [-0.2, -0.15) is 0 Å². The van der Waals surface area contributed by atoms with E-state index in [-0.39, 0.29) is 24.8 Å². The summed E-state index contributed by atoms with van der Waals surface area (Å²) in [5.74, 6) is 0.837. The van der Waals surface area contributed by atoms with Gasteiger partial charge in [0.1, 0.15) is 5.75 Å². The van der Waals surface area contributed by atoms with Crippen LogP contribution in [0.1, 0.15) is 0 Å². The van der Waals surface area contributed by atoms with Crippen LogP contribution in [-0.4, -0.2) is 14.2 Å². The molecule has 5 heteroatoms. The summed E-state index contributed by atoms with van der Waals surface area (Å²) in [6.07, 6.45) is 0. The van der Waals surface area contributed by atoms with Gasteiger partial charge in [-0.1, -0.05) is 0 Å². The van der Waals surface area contributed by atoms with Crippen molar-refractivity contribution >= 4 is 30.5 Å². The third kappa shape index (κ3) is 7.71. The van der Waals surface area contributed by atoms with Gasteiger partial charge >= 0.3 is 0 Å². The molecule has 0 aliphatic rings. The number of benzene rings is 1. The number of ether oxygens (including phenoxy) is 1. The molecule has 0 amide bonds. The third-order valence-corrected chi connectivity index (χ3v) is 1.12. The van der Waals surface area contributed by atoms with Crippen LogP contribution in [0, 0.1) is 0 Å². The Labute approximate surface area is 91.3 Å². The molecular formula is C8H16Cl2N2O. The van der Waals surface area contributed by atoms with Crippen molar-refractivity contribution < 1.29 is 4.74 Å². The maximum absolute atomic E-state index is 5.43. The quantitative estimate of drug-likeness (QED) is 0.717. The van der Waals surface area contributed by atoms with E-state index in [0.29, 0.717) is 0 Å². The minimum absolute atomic E-state index is 0. The van der Waals surface area contributed by atoms with E-state index in [9.17, 15) is 0 Å². The molecule has 13 heavy (non-hydrogen) atoms. The van der Waals surface area contributed by atoms with Gasteiger partial charge in [0.05, 0.1) is 7.11 Å². The highest BCUT2D eigenvalue weighted by Crippen LogP contribution is 2.11. The van der Waals surface area contributed by atoms with Crippen molar-refractivity contribution in [2.45, 2.75) is 0 Å². The molecule has 0 radical (unpaired) electrons. The van der Waals surface area contributed by atoms with Crippen LogP contribution in [0.4, 0.5) is 5.69 Å². The number of methoxy groups -OCH3 is 1. The lowest BCUT2D eigenvalue weighted by molar-refractivity contribution is 0.415. The molecule has 3 nitrogen and oxygen atoms in total. The molecule has 4 N–H and O–H groups in total. The first kappa shape index (κ1) is 18.2. The number of anilines is 1. The normalized spacial score (nSPS) is 6.69. The highest BCUT2D eigenvalue weighted by Gasteiger charge is 1.85. The first-order valence-corrected chi connectivity index (χ1v) is 3.30. The van der Waals surface area contributed by atoms with Gasteiger partial charge in [-0.05, 0) is 31.3 Å². The van der Waals surface area contributed by atoms with Gasteiger partial charge in [-0.3, -0.25) is 0 Å². The second kappa shape index (κ2) is 11.4. The summed E-state index contributed by atoms with van der Waals surface area (Å²) in [5.41, 5.74) is 10.7. The Morgan fingerprint density at radius 2 is 1.38 bits per heavy atom. The van der Waals surface area contributed by atoms with E-state index in [1.165, 1.54) is 7.05 Å². The van der Waals surface area contributed by atoms with E-state index in [2.05, 4.69) is 5.73 Å². The Hall–Kier alpha value is -0.640. The molecule has 0 saturated carbocycles. The Bertz CT molecular complexity index is 192. The molecule has 1 aromatic rings. The molecule has 0 aliphatic heterocycles. The van der Waals surface area contributed by atoms with E-state index < -0.39 is 0 Å². The van der Waals surface area contributed by atoms with Crippen molar-refractivity contribution in [1.29, 1.82) is 0 Å². The molecule has 0 spiro atoms. The topological polar surface area (TPSA) is 61.3 Å². The summed E-state index contributed by atoms with van der Waals surface area (Å²) in [5, 5.41) is 0. The molecule has 0 atom stereocenters. The van der Waals surface area contributed by atoms with Gasteiger partial charge in [0.2, 0.25) is 0 Å². The van der Waals surface area contributed by atoms with Crippen LogP contribution in [-0.2, 0) is 0 Å². The Balaban J connectivity index is -0.000000234. The third-order valence-electron chi connectivity index (χ3n) is 1.12. The van der Waals surface area contributed by atoms with Gasteiger partial charge in [-0.15, -0.1) is 24.8 Å². The lowest BCUT2D eigenvalue weighted by Crippen LogP contribution is -1.84. The minimum Gasteiger partial charge on any atom is -0.497 e. The maximum atomic E-state index is 5.43. The van der Waals surface area contributed by atoms with E-state index in [4.69, 9.17) is 10.5 Å². The summed E-state index contributed by atoms with van der Waals surface area (Å²) in [7, 11) is 3.13. The Morgan fingerprint density at radius 3 is 1.69 bits per heavy atom. The number of hydrogen-bond acceptors (Lipinski definition) is 3. The standard InChI is InChI=1S/C7H9NO.CH5N.2ClH/c1-9-7-4-2-6(8)3-5-7;1-2;;/h2-5H,8H2,1H3;2H2,1H3;2*1H. The smallest absolute Gasteiger partial charge is 0.119 e. The van der Waals surface area contributed by atoms with Crippen LogP contribution >= 0.6 is 24.8 Å². The molecular weight excluding hydrogens is 211 g/mol. The maximum Gasteiger partial charge on any atom is 0.119 e. The van der Waals surface area contributed by atoms with Crippen molar-refractivity contribution in [1.82, 2.24) is 0 Å². The molecule has 0 bridgehead atoms. The average molecular weight is 227 g/mol. The lowest BCUT2D eigenvalue weighted by atomic mass is 10.3. The zero-order valence-corrected chi connectivity index (χ0v) is 9.32. The van der Waals surface area contributed by atoms with Crippen molar-refractivity contribution in [3.8, 4) is 5.75 Å². The lowest BCUT2D eigenvalue weighted by Gasteiger charge is -1.97. The van der Waals surface area contributed by atoms with Crippen LogP contribution in [0.15, 0.2) is 24.3 Å². The fourth-order valence-electron chi connectivity index (χ4n) is 0.604. The fourth-order valence-corrected chi connectivity index (χ4v) is 0.604. The predicted octanol–water partition coefficient (Wildman–Crippen LogP) is 1.70. The average Bonchev–Trinajstić information content (AvgIpc) is 2.10. The molecule has 78 valence electrons. The minimum atomic E-state index is 0. The van der Waals surface area contributed by atoms with Crippen molar-refractivity contribution in [3.05, 3.63) is 24.3 Å². The molecule has 1 aromatic carbocycles. The number of rotatable bonds is 1. The summed E-state index contributed by atoms with van der Waals surface area (Å²) < 4.78 is 4.91. The second-order valence-electron chi connectivity index (χ2n) is 1.77. The van der Waals surface area contributed by atoms with Crippen molar-refractivity contribution in [3.63, 3.8) is 0 Å². The summed E-state index contributed by atoms with van der Waals surface area (Å²) in [6, 6.07) is 7.27. The molecule has 0 unspecified atom stereocenters. The molecule has 0 heterocycles. The van der Waals surface area contributed by atoms with Crippen LogP contribution in [0.5, 0.6) is 5.75 Å². The molecule has 0 fully saturated rings. The first-order valence-electron chi connectivity index (χ1n) is 3.30. The van der Waals surface area contributed by atoms with Crippen molar-refractivity contribution in [2.24, 2.45) is 5.73 Å². The van der Waals surface area contributed by atoms with Gasteiger partial charge in [-0.25, -0.2) is 0 Å². The van der Waals surface area contributed by atoms with Gasteiger partial charge in [0.15, 0.2) is 0 Å². The van der Waals surface area contributed by atoms with Gasteiger partial charge < -0.3 is 16.2 Å². The summed E-state index contributed by atoms with van der Waals surface area (Å²) in [4.78, 5) is 0. The number of hydrogen-bond donors (Lipinski definition) is 2. The van der Waals surface area contributed by atoms with Gasteiger partial charge in [0, 0.05) is 5.69 Å². The molecule has 0 aromatic heterocycles. The van der Waals surface area contributed by atoms with Crippen LogP contribution < -0.4 is 16.2 Å². The highest BCUT2D eigenvalue weighted by atomic mass is 35.5. The zero-order chi connectivity index (χ0) is 8.69. The van der Waals surface area contributed by atoms with E-state index in [1.54, 1.807) is 19.2 Å². The monoisotopic (exact) mass is 226 g/mol. The van der Waals surface area contributed by atoms with E-state index in [1.807, 2.05) is 12.1 Å². The summed E-state index contributed by atoms with van der Waals surface area (Å²) >= 11 is 0. The molecule has 1 rings (SSSR count). The number of nitrogen functional groups attached to an aromatic ring is 1. The largest absolute Gasteiger partial charge is 0.497 e. The fraction of sp³-hybridized carbons (Fsp3) is 0.250. The zero-order valence-electron chi connectivity index (χ0n) is 7.69. The van der Waals surface area contributed by atoms with Crippen LogP contribution in [0.25, 0.3) is 0 Å². The molecule has 0 aliphatic carbocycles. The predicted molar refractivity (Wildman–Crippen MR) is 62.0 cm³/mol. The van der Waals surface area contributed by atoms with E-state index in [0.717, 1.165) is 11.4 Å². The number of nitrogens with two attached hydrogens (primary N) is 2. The van der Waals surface area contributed by atoms with Gasteiger partial charge in [0.25, 0.3) is 0 Å². The highest BCUT2D eigenvalue weighted by molar-refractivity contribution is 5.85. The molecule has 0 saturated heterocycles. The second-order valence-corrected chi connectivity index (χ2v) is 1.77. The van der Waals surface area contributed by atoms with Crippen molar-refractivity contribution in [2.75, 3.05) is 19.9 Å². The van der Waals surface area contributed by atoms with Crippen LogP contribution in [0.3, 0.4) is 0 Å². The number of halogens is 2. The summed E-state index contributed by atoms with van der Waals surface area (Å²) in [6.45, 7) is 0. The Kier molecular flexibility index (Phi) is 15.9. The Morgan fingerprint density at radius 1 is 1.00 bits per heavy atom. The van der Waals surface area contributed by atoms with Crippen LogP contribution in [0.2, 0.25) is 0 Å². The SMILES string of the molecule is CN.COc1ccc(N)cc1.Cl.Cl.